The maximum atomic E-state index is 13.9. The number of piperidine rings is 2. The maximum absolute atomic E-state index is 13.9. The van der Waals surface area contributed by atoms with Crippen LogP contribution in [0.25, 0.3) is 0 Å². The first-order valence-electron chi connectivity index (χ1n) is 18.7. The summed E-state index contributed by atoms with van der Waals surface area (Å²) in [5, 5.41) is 9.11. The average molecular weight is 828 g/mol. The van der Waals surface area contributed by atoms with Crippen LogP contribution in [0.5, 0.6) is 23.3 Å². The van der Waals surface area contributed by atoms with Crippen LogP contribution in [-0.4, -0.2) is 88.3 Å². The second kappa shape index (κ2) is 20.7. The van der Waals surface area contributed by atoms with E-state index in [4.69, 9.17) is 9.47 Å². The smallest absolute Gasteiger partial charge is 0.257 e. The minimum absolute atomic E-state index is 0.0263. The van der Waals surface area contributed by atoms with Crippen molar-refractivity contribution in [3.8, 4) is 23.3 Å². The molecule has 58 heavy (non-hydrogen) atoms. The van der Waals surface area contributed by atoms with E-state index in [0.29, 0.717) is 43.0 Å². The molecule has 5 aromatic rings. The van der Waals surface area contributed by atoms with Crippen molar-refractivity contribution in [1.82, 2.24) is 35.8 Å². The van der Waals surface area contributed by atoms with Crippen LogP contribution in [0, 0.1) is 11.6 Å². The molecule has 2 saturated heterocycles. The number of halogens is 2. The van der Waals surface area contributed by atoms with E-state index in [0.717, 1.165) is 60.2 Å². The fraction of sp³-hybridized carbons (Fsp3) is 0.286. The van der Waals surface area contributed by atoms with Gasteiger partial charge >= 0.3 is 0 Å². The molecule has 0 spiro atoms. The summed E-state index contributed by atoms with van der Waals surface area (Å²) in [5.74, 6) is -0.889. The van der Waals surface area contributed by atoms with Crippen molar-refractivity contribution in [1.29, 1.82) is 0 Å². The van der Waals surface area contributed by atoms with Crippen molar-refractivity contribution >= 4 is 41.2 Å². The van der Waals surface area contributed by atoms with Crippen molar-refractivity contribution in [2.45, 2.75) is 47.6 Å². The van der Waals surface area contributed by atoms with Crippen molar-refractivity contribution in [3.05, 3.63) is 126 Å². The highest BCUT2D eigenvalue weighted by Gasteiger charge is 2.27. The number of rotatable bonds is 11. The number of pyridine rings is 3. The van der Waals surface area contributed by atoms with E-state index in [1.54, 1.807) is 65.1 Å². The Labute approximate surface area is 343 Å². The monoisotopic (exact) mass is 827 g/mol. The van der Waals surface area contributed by atoms with Crippen LogP contribution in [0.15, 0.2) is 107 Å². The van der Waals surface area contributed by atoms with Gasteiger partial charge in [-0.05, 0) is 112 Å². The minimum Gasteiger partial charge on any atom is -0.438 e. The molecule has 0 aliphatic carbocycles. The number of thioether (sulfide) groups is 2. The predicted octanol–water partition coefficient (Wildman–Crippen LogP) is 7.38. The minimum atomic E-state index is -0.623. The zero-order valence-electron chi connectivity index (χ0n) is 32.0. The summed E-state index contributed by atoms with van der Waals surface area (Å²) < 4.78 is 39.1. The van der Waals surface area contributed by atoms with Gasteiger partial charge in [0, 0.05) is 47.4 Å². The van der Waals surface area contributed by atoms with Gasteiger partial charge in [-0.2, -0.15) is 0 Å². The number of hydrogen-bond donors (Lipinski definition) is 3. The van der Waals surface area contributed by atoms with Gasteiger partial charge in [-0.3, -0.25) is 19.4 Å². The molecule has 2 aromatic carbocycles. The molecule has 5 heterocycles. The fourth-order valence-corrected chi connectivity index (χ4v) is 7.18. The number of carbonyl (C=O) groups is 3. The number of carbonyl (C=O) groups excluding carboxylic acids is 3. The Bertz CT molecular complexity index is 2190. The maximum Gasteiger partial charge on any atom is 0.257 e. The first-order valence-corrected chi connectivity index (χ1v) is 21.1. The topological polar surface area (TPSA) is 148 Å². The van der Waals surface area contributed by atoms with Crippen LogP contribution in [0.1, 0.15) is 56.8 Å². The molecule has 2 aliphatic rings. The molecule has 12 nitrogen and oxygen atoms in total. The van der Waals surface area contributed by atoms with Crippen LogP contribution in [0.4, 0.5) is 8.78 Å². The third kappa shape index (κ3) is 11.7. The van der Waals surface area contributed by atoms with Gasteiger partial charge in [0.15, 0.2) is 0 Å². The lowest BCUT2D eigenvalue weighted by Crippen LogP contribution is -2.46. The summed E-state index contributed by atoms with van der Waals surface area (Å²) in [7, 11) is 0. The van der Waals surface area contributed by atoms with Gasteiger partial charge in [-0.25, -0.2) is 18.7 Å². The molecule has 3 N–H and O–H groups in total. The Hall–Kier alpha value is -5.58. The van der Waals surface area contributed by atoms with Crippen LogP contribution in [0.3, 0.4) is 0 Å². The largest absolute Gasteiger partial charge is 0.438 e. The molecular weight excluding hydrogens is 785 g/mol. The van der Waals surface area contributed by atoms with Gasteiger partial charge < -0.3 is 30.3 Å². The van der Waals surface area contributed by atoms with Gasteiger partial charge in [0.1, 0.15) is 34.3 Å². The second-order valence-electron chi connectivity index (χ2n) is 13.4. The number of amides is 3. The first-order chi connectivity index (χ1) is 28.2. The Kier molecular flexibility index (Phi) is 15.0. The van der Waals surface area contributed by atoms with Crippen molar-refractivity contribution in [2.24, 2.45) is 0 Å². The van der Waals surface area contributed by atoms with Crippen molar-refractivity contribution in [2.75, 3.05) is 38.7 Å². The SMILES string of the molecule is CSc1cccc(Oc2ncc(F)cc2C(=O)NC2CCN(C(=O)c3cccnc3)CC2)c1.CSc1cccc(Oc2ncc(F)cc2C(=O)NC2CCNCC2)c1. The summed E-state index contributed by atoms with van der Waals surface area (Å²) >= 11 is 3.14. The standard InChI is InChI=1S/C24H23FN4O3S.C18H20FN3O2S/c1-33-20-6-2-5-19(13-20)32-23-21(12-17(25)15-27-23)22(30)28-18-7-10-29(11-8-18)24(31)16-4-3-9-26-14-16;1-25-15-4-2-3-14(10-15)24-18-16(9-12(19)11-21-18)17(23)22-13-5-7-20-8-6-13/h2-6,9,12-15,18H,7-8,10-11H2,1H3,(H,28,30);2-4,9-11,13,20H,5-8H2,1H3,(H,22,23). The van der Waals surface area contributed by atoms with E-state index < -0.39 is 17.5 Å². The Morgan fingerprint density at radius 1 is 0.707 bits per heavy atom. The van der Waals surface area contributed by atoms with Gasteiger partial charge in [0.25, 0.3) is 17.7 Å². The van der Waals surface area contributed by atoms with E-state index in [1.165, 1.54) is 0 Å². The van der Waals surface area contributed by atoms with Crippen molar-refractivity contribution < 1.29 is 32.6 Å². The number of benzene rings is 2. The van der Waals surface area contributed by atoms with Gasteiger partial charge in [0.05, 0.1) is 18.0 Å². The lowest BCUT2D eigenvalue weighted by molar-refractivity contribution is 0.0697. The van der Waals surface area contributed by atoms with Gasteiger partial charge in [0.2, 0.25) is 11.8 Å². The number of nitrogens with zero attached hydrogens (tertiary/aromatic N) is 4. The van der Waals surface area contributed by atoms with Crippen LogP contribution < -0.4 is 25.4 Å². The predicted molar refractivity (Wildman–Crippen MR) is 219 cm³/mol. The highest BCUT2D eigenvalue weighted by atomic mass is 32.2. The lowest BCUT2D eigenvalue weighted by atomic mass is 10.0. The number of nitrogens with one attached hydrogen (secondary N) is 3. The van der Waals surface area contributed by atoms with E-state index in [-0.39, 0.29) is 46.8 Å². The first kappa shape index (κ1) is 42.0. The Balaban J connectivity index is 0.000000203. The third-order valence-corrected chi connectivity index (χ3v) is 10.8. The molecule has 2 aliphatic heterocycles. The Morgan fingerprint density at radius 3 is 1.71 bits per heavy atom. The molecule has 0 saturated carbocycles. The number of likely N-dealkylation sites (tertiary alicyclic amines) is 1. The zero-order valence-corrected chi connectivity index (χ0v) is 33.6. The summed E-state index contributed by atoms with van der Waals surface area (Å²) in [4.78, 5) is 53.8. The quantitative estimate of drug-likeness (QED) is 0.115. The molecule has 0 radical (unpaired) electrons. The second-order valence-corrected chi connectivity index (χ2v) is 15.1. The summed E-state index contributed by atoms with van der Waals surface area (Å²) in [6, 6.07) is 20.5. The highest BCUT2D eigenvalue weighted by Crippen LogP contribution is 2.29. The fourth-order valence-electron chi connectivity index (χ4n) is 6.29. The number of ether oxygens (including phenoxy) is 2. The van der Waals surface area contributed by atoms with E-state index in [9.17, 15) is 23.2 Å². The molecule has 3 amide bonds. The van der Waals surface area contributed by atoms with Crippen molar-refractivity contribution in [3.63, 3.8) is 0 Å². The molecular formula is C42H43F2N7O5S2. The molecule has 0 atom stereocenters. The highest BCUT2D eigenvalue weighted by molar-refractivity contribution is 7.98. The number of hydrogen-bond acceptors (Lipinski definition) is 11. The molecule has 0 bridgehead atoms. The van der Waals surface area contributed by atoms with Crippen LogP contribution in [0.2, 0.25) is 0 Å². The van der Waals surface area contributed by atoms with Crippen LogP contribution in [-0.2, 0) is 0 Å². The summed E-state index contributed by atoms with van der Waals surface area (Å²) in [6.45, 7) is 2.73. The molecule has 3 aromatic heterocycles. The third-order valence-electron chi connectivity index (χ3n) is 9.34. The summed E-state index contributed by atoms with van der Waals surface area (Å²) in [6.07, 6.45) is 12.0. The Morgan fingerprint density at radius 2 is 1.22 bits per heavy atom. The van der Waals surface area contributed by atoms with E-state index in [1.807, 2.05) is 48.9 Å². The molecule has 0 unspecified atom stereocenters. The average Bonchev–Trinajstić information content (AvgIpc) is 3.26. The van der Waals surface area contributed by atoms with Gasteiger partial charge in [-0.1, -0.05) is 12.1 Å². The zero-order chi connectivity index (χ0) is 40.9. The number of aromatic nitrogens is 3. The summed E-state index contributed by atoms with van der Waals surface area (Å²) in [5.41, 5.74) is 0.671. The molecule has 302 valence electrons. The van der Waals surface area contributed by atoms with E-state index >= 15 is 0 Å². The molecule has 7 rings (SSSR count). The molecule has 2 fully saturated rings. The van der Waals surface area contributed by atoms with Crippen LogP contribution >= 0.6 is 23.5 Å². The molecule has 16 heteroatoms. The van der Waals surface area contributed by atoms with E-state index in [2.05, 4.69) is 30.9 Å². The normalized spacial score (nSPS) is 14.4. The lowest BCUT2D eigenvalue weighted by Gasteiger charge is -2.32. The van der Waals surface area contributed by atoms with Gasteiger partial charge in [-0.15, -0.1) is 23.5 Å².